The maximum atomic E-state index is 13.2. The summed E-state index contributed by atoms with van der Waals surface area (Å²) in [5.41, 5.74) is 3.15. The van der Waals surface area contributed by atoms with Crippen LogP contribution < -0.4 is 9.64 Å². The highest BCUT2D eigenvalue weighted by atomic mass is 35.5. The number of nitrogens with zero attached hydrogens (tertiary/aromatic N) is 3. The van der Waals surface area contributed by atoms with E-state index in [0.29, 0.717) is 33.5 Å². The second kappa shape index (κ2) is 10.2. The van der Waals surface area contributed by atoms with Crippen molar-refractivity contribution in [3.05, 3.63) is 111 Å². The van der Waals surface area contributed by atoms with E-state index in [-0.39, 0.29) is 16.5 Å². The van der Waals surface area contributed by atoms with Crippen molar-refractivity contribution in [2.75, 3.05) is 4.90 Å². The summed E-state index contributed by atoms with van der Waals surface area (Å²) in [6.07, 6.45) is 0. The summed E-state index contributed by atoms with van der Waals surface area (Å²) >= 11 is 7.27. The second-order valence-corrected chi connectivity index (χ2v) is 10.2. The van der Waals surface area contributed by atoms with Gasteiger partial charge < -0.3 is 9.84 Å². The maximum absolute atomic E-state index is 13.2. The number of Topliss-reactive ketones (excluding diaryl/α,β-unsaturated/α-hetero) is 1. The lowest BCUT2D eigenvalue weighted by molar-refractivity contribution is -0.132. The van der Waals surface area contributed by atoms with E-state index in [9.17, 15) is 14.7 Å². The van der Waals surface area contributed by atoms with Crippen molar-refractivity contribution in [1.82, 2.24) is 10.2 Å². The molecule has 2 heterocycles. The van der Waals surface area contributed by atoms with Gasteiger partial charge in [0.25, 0.3) is 5.78 Å². The van der Waals surface area contributed by atoms with E-state index < -0.39 is 17.7 Å². The number of rotatable bonds is 6. The minimum absolute atomic E-state index is 0.0337. The van der Waals surface area contributed by atoms with E-state index in [1.54, 1.807) is 55.5 Å². The summed E-state index contributed by atoms with van der Waals surface area (Å²) in [5, 5.41) is 20.8. The monoisotopic (exact) mass is 531 g/mol. The number of aromatic nitrogens is 2. The number of carbonyl (C=O) groups excluding carboxylic acids is 2. The fourth-order valence-electron chi connectivity index (χ4n) is 4.21. The van der Waals surface area contributed by atoms with Crippen LogP contribution in [-0.4, -0.2) is 27.0 Å². The third-order valence-electron chi connectivity index (χ3n) is 5.97. The molecule has 0 radical (unpaired) electrons. The average molecular weight is 532 g/mol. The minimum atomic E-state index is -0.887. The first-order valence-corrected chi connectivity index (χ1v) is 12.7. The van der Waals surface area contributed by atoms with Crippen LogP contribution >= 0.6 is 22.9 Å². The van der Waals surface area contributed by atoms with Crippen LogP contribution in [0.25, 0.3) is 5.76 Å². The van der Waals surface area contributed by atoms with E-state index in [2.05, 4.69) is 16.3 Å². The van der Waals surface area contributed by atoms with Crippen molar-refractivity contribution in [3.8, 4) is 5.75 Å². The van der Waals surface area contributed by atoms with Crippen LogP contribution in [0.4, 0.5) is 5.13 Å². The number of aliphatic hydroxyl groups is 1. The second-order valence-electron chi connectivity index (χ2n) is 8.63. The molecule has 0 spiro atoms. The Kier molecular flexibility index (Phi) is 6.78. The van der Waals surface area contributed by atoms with Crippen LogP contribution in [0.5, 0.6) is 5.75 Å². The molecule has 1 N–H and O–H groups in total. The van der Waals surface area contributed by atoms with Crippen LogP contribution in [0.15, 0.2) is 78.4 Å². The Morgan fingerprint density at radius 1 is 1.03 bits per heavy atom. The zero-order chi connectivity index (χ0) is 26.1. The number of aryl methyl sites for hydroxylation is 2. The summed E-state index contributed by atoms with van der Waals surface area (Å²) in [6, 6.07) is 20.7. The van der Waals surface area contributed by atoms with Gasteiger partial charge in [0, 0.05) is 10.6 Å². The Morgan fingerprint density at radius 2 is 1.76 bits per heavy atom. The highest BCUT2D eigenvalue weighted by Crippen LogP contribution is 2.43. The molecule has 0 bridgehead atoms. The van der Waals surface area contributed by atoms with Crippen LogP contribution in [0, 0.1) is 13.8 Å². The molecule has 1 aliphatic rings. The molecular formula is C28H22ClN3O4S. The van der Waals surface area contributed by atoms with Crippen molar-refractivity contribution in [2.45, 2.75) is 26.5 Å². The van der Waals surface area contributed by atoms with Crippen molar-refractivity contribution in [2.24, 2.45) is 0 Å². The molecule has 1 amide bonds. The molecule has 5 rings (SSSR count). The zero-order valence-electron chi connectivity index (χ0n) is 20.0. The normalized spacial score (nSPS) is 16.8. The number of hydrogen-bond acceptors (Lipinski definition) is 7. The Balaban J connectivity index is 1.50. The smallest absolute Gasteiger partial charge is 0.301 e. The summed E-state index contributed by atoms with van der Waals surface area (Å²) in [5.74, 6) is -1.26. The van der Waals surface area contributed by atoms with Gasteiger partial charge in [-0.2, -0.15) is 0 Å². The van der Waals surface area contributed by atoms with Crippen molar-refractivity contribution < 1.29 is 19.4 Å². The molecule has 0 unspecified atom stereocenters. The fraction of sp³-hybridized carbons (Fsp3) is 0.143. The summed E-state index contributed by atoms with van der Waals surface area (Å²) in [7, 11) is 0. The summed E-state index contributed by atoms with van der Waals surface area (Å²) in [4.78, 5) is 27.6. The highest BCUT2D eigenvalue weighted by molar-refractivity contribution is 7.15. The topological polar surface area (TPSA) is 92.6 Å². The standard InChI is InChI=1S/C28H22ClN3O4S/c1-16-4-3-5-18(14-16)15-36-22-12-8-20(9-13-22)25(33)23-24(19-6-10-21(29)11-7-19)32(27(35)26(23)34)28-31-30-17(2)37-28/h3-14,24,33H,15H2,1-2H3/b25-23+/t24-/m1/s1. The van der Waals surface area contributed by atoms with E-state index in [0.717, 1.165) is 11.1 Å². The number of anilines is 1. The summed E-state index contributed by atoms with van der Waals surface area (Å²) in [6.45, 7) is 4.18. The molecule has 4 aromatic rings. The maximum Gasteiger partial charge on any atom is 0.301 e. The molecule has 186 valence electrons. The Labute approximate surface area is 222 Å². The van der Waals surface area contributed by atoms with Crippen LogP contribution in [0.1, 0.15) is 33.3 Å². The van der Waals surface area contributed by atoms with Crippen molar-refractivity contribution in [3.63, 3.8) is 0 Å². The van der Waals surface area contributed by atoms with Gasteiger partial charge in [-0.25, -0.2) is 0 Å². The first-order valence-electron chi connectivity index (χ1n) is 11.5. The van der Waals surface area contributed by atoms with Gasteiger partial charge in [0.15, 0.2) is 0 Å². The molecule has 1 saturated heterocycles. The number of halogens is 1. The van der Waals surface area contributed by atoms with Crippen molar-refractivity contribution >= 4 is 45.5 Å². The van der Waals surface area contributed by atoms with Gasteiger partial charge in [0.2, 0.25) is 5.13 Å². The Bertz CT molecular complexity index is 1510. The van der Waals surface area contributed by atoms with Gasteiger partial charge in [-0.1, -0.05) is 64.9 Å². The molecule has 1 atom stereocenters. The number of aliphatic hydroxyl groups excluding tert-OH is 1. The predicted octanol–water partition coefficient (Wildman–Crippen LogP) is 6.01. The SMILES string of the molecule is Cc1cccc(COc2ccc(/C(O)=C3\C(=O)C(=O)N(c4nnc(C)s4)[C@@H]3c3ccc(Cl)cc3)cc2)c1. The minimum Gasteiger partial charge on any atom is -0.507 e. The number of benzene rings is 3. The highest BCUT2D eigenvalue weighted by Gasteiger charge is 2.48. The first-order chi connectivity index (χ1) is 17.8. The van der Waals surface area contributed by atoms with Crippen LogP contribution in [0.3, 0.4) is 0 Å². The number of amides is 1. The van der Waals surface area contributed by atoms with E-state index in [1.807, 2.05) is 25.1 Å². The molecule has 3 aromatic carbocycles. The van der Waals surface area contributed by atoms with Crippen LogP contribution in [0.2, 0.25) is 5.02 Å². The van der Waals surface area contributed by atoms with E-state index in [4.69, 9.17) is 16.3 Å². The van der Waals surface area contributed by atoms with Gasteiger partial charge in [0.05, 0.1) is 11.6 Å². The van der Waals surface area contributed by atoms with Gasteiger partial charge >= 0.3 is 5.91 Å². The Hall–Kier alpha value is -4.01. The van der Waals surface area contributed by atoms with Crippen molar-refractivity contribution in [1.29, 1.82) is 0 Å². The largest absolute Gasteiger partial charge is 0.507 e. The van der Waals surface area contributed by atoms with Gasteiger partial charge in [-0.15, -0.1) is 10.2 Å². The third kappa shape index (κ3) is 4.98. The van der Waals surface area contributed by atoms with Gasteiger partial charge in [0.1, 0.15) is 23.1 Å². The molecule has 1 aromatic heterocycles. The number of ketones is 1. The Morgan fingerprint density at radius 3 is 2.41 bits per heavy atom. The molecule has 0 aliphatic carbocycles. The lowest BCUT2D eigenvalue weighted by Crippen LogP contribution is -2.29. The quantitative estimate of drug-likeness (QED) is 0.186. The van der Waals surface area contributed by atoms with E-state index >= 15 is 0 Å². The number of ether oxygens (including phenoxy) is 1. The van der Waals surface area contributed by atoms with E-state index in [1.165, 1.54) is 16.2 Å². The average Bonchev–Trinajstić information content (AvgIpc) is 3.43. The van der Waals surface area contributed by atoms with Gasteiger partial charge in [-0.05, 0) is 61.4 Å². The van der Waals surface area contributed by atoms with Gasteiger partial charge in [-0.3, -0.25) is 14.5 Å². The molecule has 1 aliphatic heterocycles. The number of carbonyl (C=O) groups is 2. The van der Waals surface area contributed by atoms with Crippen LogP contribution in [-0.2, 0) is 16.2 Å². The fourth-order valence-corrected chi connectivity index (χ4v) is 5.05. The molecule has 1 fully saturated rings. The predicted molar refractivity (Wildman–Crippen MR) is 143 cm³/mol. The molecule has 7 nitrogen and oxygen atoms in total. The third-order valence-corrected chi connectivity index (χ3v) is 7.06. The molecular weight excluding hydrogens is 510 g/mol. The summed E-state index contributed by atoms with van der Waals surface area (Å²) < 4.78 is 5.87. The lowest BCUT2D eigenvalue weighted by atomic mass is 9.95. The lowest BCUT2D eigenvalue weighted by Gasteiger charge is -2.22. The molecule has 37 heavy (non-hydrogen) atoms. The first kappa shape index (κ1) is 24.7. The molecule has 0 saturated carbocycles. The molecule has 9 heteroatoms. The zero-order valence-corrected chi connectivity index (χ0v) is 21.6. The number of hydrogen-bond donors (Lipinski definition) is 1.